The number of carbonyl (C=O) groups excluding carboxylic acids is 1. The molecule has 2 heterocycles. The molecular formula is C25H31F3N6O3. The Hall–Kier alpha value is -3.41. The van der Waals surface area contributed by atoms with Crippen LogP contribution < -0.4 is 10.6 Å². The zero-order valence-electron chi connectivity index (χ0n) is 20.8. The van der Waals surface area contributed by atoms with E-state index in [4.69, 9.17) is 0 Å². The Morgan fingerprint density at radius 1 is 1.11 bits per heavy atom. The fraction of sp³-hybridized carbons (Fsp3) is 0.520. The van der Waals surface area contributed by atoms with E-state index in [9.17, 15) is 27.9 Å². The number of aliphatic carboxylic acids is 1. The van der Waals surface area contributed by atoms with Crippen molar-refractivity contribution >= 4 is 29.3 Å². The van der Waals surface area contributed by atoms with Gasteiger partial charge < -0.3 is 25.5 Å². The van der Waals surface area contributed by atoms with Gasteiger partial charge >= 0.3 is 12.1 Å². The van der Waals surface area contributed by atoms with Crippen molar-refractivity contribution < 1.29 is 27.9 Å². The highest BCUT2D eigenvalue weighted by Crippen LogP contribution is 2.36. The number of carboxylic acid groups (broad SMARTS) is 1. The summed E-state index contributed by atoms with van der Waals surface area (Å²) in [7, 11) is 3.86. The Labute approximate surface area is 213 Å². The highest BCUT2D eigenvalue weighted by atomic mass is 19.4. The van der Waals surface area contributed by atoms with E-state index < -0.39 is 35.5 Å². The largest absolute Gasteiger partial charge is 0.481 e. The SMILES string of the molecule is CN1CCC(N(C)C(=O)c2ccc(Nc3ncc(C(F)(F)F)c(N[C@@H]4CCC[C@@H]4C(=O)O)n3)cc2)CC1. The van der Waals surface area contributed by atoms with Gasteiger partial charge in [0, 0.05) is 36.6 Å². The molecule has 3 N–H and O–H groups in total. The van der Waals surface area contributed by atoms with Crippen molar-refractivity contribution in [3.63, 3.8) is 0 Å². The number of nitrogens with zero attached hydrogens (tertiary/aromatic N) is 4. The molecule has 1 saturated heterocycles. The minimum absolute atomic E-state index is 0.0807. The second-order valence-electron chi connectivity index (χ2n) is 9.73. The van der Waals surface area contributed by atoms with Gasteiger partial charge in [-0.3, -0.25) is 9.59 Å². The molecule has 1 saturated carbocycles. The number of halogens is 3. The number of nitrogens with one attached hydrogen (secondary N) is 2. The van der Waals surface area contributed by atoms with E-state index >= 15 is 0 Å². The third kappa shape index (κ3) is 6.30. The molecule has 0 spiro atoms. The zero-order chi connectivity index (χ0) is 26.7. The second-order valence-corrected chi connectivity index (χ2v) is 9.73. The third-order valence-electron chi connectivity index (χ3n) is 7.19. The first-order chi connectivity index (χ1) is 17.5. The molecule has 1 amide bonds. The average Bonchev–Trinajstić information content (AvgIpc) is 3.32. The quantitative estimate of drug-likeness (QED) is 0.501. The highest BCUT2D eigenvalue weighted by Gasteiger charge is 2.38. The molecule has 2 fully saturated rings. The molecule has 200 valence electrons. The number of anilines is 3. The van der Waals surface area contributed by atoms with Crippen LogP contribution in [0.2, 0.25) is 0 Å². The summed E-state index contributed by atoms with van der Waals surface area (Å²) < 4.78 is 40.7. The fourth-order valence-electron chi connectivity index (χ4n) is 4.94. The van der Waals surface area contributed by atoms with Crippen LogP contribution >= 0.6 is 0 Å². The lowest BCUT2D eigenvalue weighted by Crippen LogP contribution is -2.44. The van der Waals surface area contributed by atoms with E-state index in [-0.39, 0.29) is 17.9 Å². The summed E-state index contributed by atoms with van der Waals surface area (Å²) in [6.07, 6.45) is -0.783. The number of aromatic nitrogens is 2. The molecule has 0 unspecified atom stereocenters. The first-order valence-corrected chi connectivity index (χ1v) is 12.3. The van der Waals surface area contributed by atoms with Crippen LogP contribution in [0, 0.1) is 5.92 Å². The number of alkyl halides is 3. The normalized spacial score (nSPS) is 21.0. The van der Waals surface area contributed by atoms with E-state index in [0.29, 0.717) is 36.7 Å². The van der Waals surface area contributed by atoms with Gasteiger partial charge in [-0.15, -0.1) is 0 Å². The van der Waals surface area contributed by atoms with Crippen molar-refractivity contribution in [2.24, 2.45) is 5.92 Å². The maximum atomic E-state index is 13.6. The molecule has 12 heteroatoms. The molecule has 0 radical (unpaired) electrons. The smallest absolute Gasteiger partial charge is 0.421 e. The summed E-state index contributed by atoms with van der Waals surface area (Å²) in [5.41, 5.74) is -0.0657. The summed E-state index contributed by atoms with van der Waals surface area (Å²) in [5.74, 6) is -2.47. The van der Waals surface area contributed by atoms with Crippen molar-refractivity contribution in [2.45, 2.75) is 50.4 Å². The minimum atomic E-state index is -4.71. The fourth-order valence-corrected chi connectivity index (χ4v) is 4.94. The number of piperidine rings is 1. The number of hydrogen-bond acceptors (Lipinski definition) is 7. The third-order valence-corrected chi connectivity index (χ3v) is 7.19. The Morgan fingerprint density at radius 2 is 1.78 bits per heavy atom. The number of likely N-dealkylation sites (tertiary alicyclic amines) is 1. The summed E-state index contributed by atoms with van der Waals surface area (Å²) in [5, 5.41) is 15.0. The Balaban J connectivity index is 1.47. The van der Waals surface area contributed by atoms with Gasteiger partial charge in [0.1, 0.15) is 11.4 Å². The molecule has 1 aromatic carbocycles. The molecule has 37 heavy (non-hydrogen) atoms. The average molecular weight is 521 g/mol. The maximum Gasteiger partial charge on any atom is 0.421 e. The van der Waals surface area contributed by atoms with Crippen molar-refractivity contribution in [3.8, 4) is 0 Å². The van der Waals surface area contributed by atoms with Crippen LogP contribution in [0.4, 0.5) is 30.6 Å². The van der Waals surface area contributed by atoms with Gasteiger partial charge in [0.25, 0.3) is 5.91 Å². The van der Waals surface area contributed by atoms with E-state index in [2.05, 4.69) is 32.5 Å². The topological polar surface area (TPSA) is 111 Å². The highest BCUT2D eigenvalue weighted by molar-refractivity contribution is 5.94. The number of amides is 1. The summed E-state index contributed by atoms with van der Waals surface area (Å²) >= 11 is 0. The lowest BCUT2D eigenvalue weighted by Gasteiger charge is -2.35. The van der Waals surface area contributed by atoms with Gasteiger partial charge in [0.05, 0.1) is 5.92 Å². The molecule has 4 rings (SSSR count). The van der Waals surface area contributed by atoms with Gasteiger partial charge in [-0.05, 0) is 70.1 Å². The molecule has 0 bridgehead atoms. The summed E-state index contributed by atoms with van der Waals surface area (Å²) in [6.45, 7) is 1.87. The number of carboxylic acids is 1. The summed E-state index contributed by atoms with van der Waals surface area (Å²) in [4.78, 5) is 36.2. The van der Waals surface area contributed by atoms with E-state index in [1.165, 1.54) is 0 Å². The monoisotopic (exact) mass is 520 g/mol. The van der Waals surface area contributed by atoms with Gasteiger partial charge in [0.15, 0.2) is 0 Å². The van der Waals surface area contributed by atoms with E-state index in [1.807, 2.05) is 0 Å². The van der Waals surface area contributed by atoms with Crippen LogP contribution in [0.1, 0.15) is 48.0 Å². The van der Waals surface area contributed by atoms with Crippen LogP contribution in [0.25, 0.3) is 0 Å². The van der Waals surface area contributed by atoms with E-state index in [1.54, 1.807) is 36.2 Å². The van der Waals surface area contributed by atoms with Gasteiger partial charge in [0.2, 0.25) is 5.95 Å². The van der Waals surface area contributed by atoms with Gasteiger partial charge in [-0.25, -0.2) is 4.98 Å². The minimum Gasteiger partial charge on any atom is -0.481 e. The van der Waals surface area contributed by atoms with Crippen LogP contribution in [0.5, 0.6) is 0 Å². The first-order valence-electron chi connectivity index (χ1n) is 12.3. The predicted octanol–water partition coefficient (Wildman–Crippen LogP) is 4.07. The molecule has 2 aromatic rings. The number of hydrogen-bond donors (Lipinski definition) is 3. The number of rotatable bonds is 7. The van der Waals surface area contributed by atoms with Crippen molar-refractivity contribution in [3.05, 3.63) is 41.6 Å². The molecule has 1 aliphatic carbocycles. The van der Waals surface area contributed by atoms with Crippen LogP contribution in [-0.2, 0) is 11.0 Å². The van der Waals surface area contributed by atoms with Crippen LogP contribution in [-0.4, -0.2) is 76.0 Å². The van der Waals surface area contributed by atoms with Crippen LogP contribution in [0.15, 0.2) is 30.5 Å². The van der Waals surface area contributed by atoms with Crippen LogP contribution in [0.3, 0.4) is 0 Å². The van der Waals surface area contributed by atoms with Crippen molar-refractivity contribution in [1.82, 2.24) is 19.8 Å². The Morgan fingerprint density at radius 3 is 2.41 bits per heavy atom. The molecule has 2 aliphatic rings. The molecule has 1 aromatic heterocycles. The lowest BCUT2D eigenvalue weighted by molar-refractivity contribution is -0.141. The van der Waals surface area contributed by atoms with Crippen molar-refractivity contribution in [2.75, 3.05) is 37.8 Å². The maximum absolute atomic E-state index is 13.6. The molecule has 2 atom stereocenters. The molecule has 9 nitrogen and oxygen atoms in total. The van der Waals surface area contributed by atoms with E-state index in [0.717, 1.165) is 25.9 Å². The summed E-state index contributed by atoms with van der Waals surface area (Å²) in [6, 6.07) is 6.09. The standard InChI is InChI=1S/C25H31F3N6O3/c1-33-12-10-17(11-13-33)34(2)22(35)15-6-8-16(9-7-15)30-24-29-14-19(25(26,27)28)21(32-24)31-20-5-3-4-18(20)23(36)37/h6-9,14,17-18,20H,3-5,10-13H2,1-2H3,(H,36,37)(H2,29,30,31,32)/t18-,20+/m0/s1. The molecular weight excluding hydrogens is 489 g/mol. The second kappa shape index (κ2) is 10.9. The zero-order valence-corrected chi connectivity index (χ0v) is 20.8. The Bertz CT molecular complexity index is 1120. The van der Waals surface area contributed by atoms with Gasteiger partial charge in [-0.2, -0.15) is 18.2 Å². The van der Waals surface area contributed by atoms with Gasteiger partial charge in [-0.1, -0.05) is 6.42 Å². The number of carbonyl (C=O) groups is 2. The first kappa shape index (κ1) is 26.6. The Kier molecular flexibility index (Phi) is 7.86. The van der Waals surface area contributed by atoms with Crippen molar-refractivity contribution in [1.29, 1.82) is 0 Å². The number of benzene rings is 1. The lowest BCUT2D eigenvalue weighted by atomic mass is 10.0. The predicted molar refractivity (Wildman–Crippen MR) is 132 cm³/mol. The molecule has 1 aliphatic heterocycles.